The monoisotopic (exact) mass is 886 g/mol. The molecule has 4 heterocycles. The molecule has 0 bridgehead atoms. The number of nitrogens with zero attached hydrogens (tertiary/aromatic N) is 7. The van der Waals surface area contributed by atoms with Gasteiger partial charge in [0.1, 0.15) is 24.2 Å². The minimum atomic E-state index is -4.12. The summed E-state index contributed by atoms with van der Waals surface area (Å²) in [6, 6.07) is 20.6. The zero-order chi connectivity index (χ0) is 45.1. The molecule has 0 radical (unpaired) electrons. The molecule has 1 aliphatic heterocycles. The third-order valence-corrected chi connectivity index (χ3v) is 11.4. The number of fused-ring (bicyclic) bond motifs is 2. The van der Waals surface area contributed by atoms with E-state index >= 15 is 0 Å². The van der Waals surface area contributed by atoms with E-state index in [0.717, 1.165) is 28.8 Å². The topological polar surface area (TPSA) is 254 Å². The standard InChI is InChI=1S/C36H47N5O4.C8H12N5O4P/c1-36(2,3)39-35(45)31-24-40(22-26-12-9-15-37-21-26)16-17-41(31)23-29(42)19-28(18-25-10-5-4-6-11-25)34(44)38-33-30-14-8-7-13-27(30)20-32(33)43;9-7-6-8(11-3-10-7)13(4-12-6)1-2-17-5-18(14,15)16/h4-15,21,28-29,31-33,42-43H,16-20,22-24H2,1-3H3,(H,38,44)(H,39,45);3-4H,1-2,5H2,(H2,9,10,11)(H2,14,15,16)/t28-,29-,31-,32+,33-;/m0./s1. The number of aromatic nitrogens is 5. The molecule has 0 unspecified atom stereocenters. The van der Waals surface area contributed by atoms with Gasteiger partial charge in [-0.3, -0.25) is 28.9 Å². The number of aliphatic hydroxyl groups is 2. The van der Waals surface area contributed by atoms with Gasteiger partial charge in [-0.1, -0.05) is 60.7 Å². The number of nitrogens with two attached hydrogens (primary N) is 1. The summed E-state index contributed by atoms with van der Waals surface area (Å²) >= 11 is 0. The Bertz CT molecular complexity index is 2310. The molecule has 2 aliphatic rings. The Balaban J connectivity index is 0.000000305. The first-order valence-corrected chi connectivity index (χ1v) is 22.8. The predicted molar refractivity (Wildman–Crippen MR) is 237 cm³/mol. The van der Waals surface area contributed by atoms with E-state index in [1.807, 2.05) is 93.7 Å². The van der Waals surface area contributed by atoms with Gasteiger partial charge in [0.2, 0.25) is 11.8 Å². The van der Waals surface area contributed by atoms with Crippen molar-refractivity contribution in [3.05, 3.63) is 114 Å². The highest BCUT2D eigenvalue weighted by molar-refractivity contribution is 7.51. The van der Waals surface area contributed by atoms with Crippen LogP contribution in [0.15, 0.2) is 91.8 Å². The molecule has 3 aromatic heterocycles. The first kappa shape index (κ1) is 47.3. The maximum Gasteiger partial charge on any atom is 0.350 e. The number of anilines is 1. The smallest absolute Gasteiger partial charge is 0.350 e. The van der Waals surface area contributed by atoms with E-state index in [1.165, 1.54) is 12.7 Å². The summed E-state index contributed by atoms with van der Waals surface area (Å²) in [6.45, 7) is 9.25. The summed E-state index contributed by atoms with van der Waals surface area (Å²) in [4.78, 5) is 65.0. The largest absolute Gasteiger partial charge is 0.392 e. The number of rotatable bonds is 16. The normalized spacial score (nSPS) is 19.1. The molecule has 2 aromatic carbocycles. The van der Waals surface area contributed by atoms with Crippen LogP contribution in [0, 0.1) is 5.92 Å². The summed E-state index contributed by atoms with van der Waals surface area (Å²) in [7, 11) is -4.12. The van der Waals surface area contributed by atoms with Crippen molar-refractivity contribution >= 4 is 36.4 Å². The molecular formula is C44H59N10O8P. The van der Waals surface area contributed by atoms with E-state index in [2.05, 4.69) is 40.4 Å². The Morgan fingerprint density at radius 3 is 2.48 bits per heavy atom. The van der Waals surface area contributed by atoms with Crippen molar-refractivity contribution in [3.63, 3.8) is 0 Å². The number of β-amino-alcohol motifs (C(OH)–C–C–N with tert-alkyl or cyclic N) is 1. The van der Waals surface area contributed by atoms with Gasteiger partial charge in [0.05, 0.1) is 31.2 Å². The van der Waals surface area contributed by atoms with Gasteiger partial charge in [-0.15, -0.1) is 0 Å². The zero-order valence-electron chi connectivity index (χ0n) is 35.9. The lowest BCUT2D eigenvalue weighted by Gasteiger charge is -2.42. The molecule has 0 saturated carbocycles. The average molecular weight is 887 g/mol. The van der Waals surface area contributed by atoms with Crippen LogP contribution in [0.1, 0.15) is 55.5 Å². The molecule has 1 saturated heterocycles. The molecule has 0 spiro atoms. The first-order valence-electron chi connectivity index (χ1n) is 21.0. The van der Waals surface area contributed by atoms with E-state index in [-0.39, 0.29) is 37.2 Å². The molecule has 5 aromatic rings. The lowest BCUT2D eigenvalue weighted by Crippen LogP contribution is -2.61. The number of hydrogen-bond donors (Lipinski definition) is 7. The Morgan fingerprint density at radius 2 is 1.75 bits per heavy atom. The van der Waals surface area contributed by atoms with Crippen LogP contribution in [0.3, 0.4) is 0 Å². The van der Waals surface area contributed by atoms with E-state index in [4.69, 9.17) is 20.3 Å². The van der Waals surface area contributed by atoms with Gasteiger partial charge in [-0.05, 0) is 61.9 Å². The first-order chi connectivity index (χ1) is 30.0. The lowest BCUT2D eigenvalue weighted by atomic mass is 9.91. The number of carbonyl (C=O) groups is 2. The van der Waals surface area contributed by atoms with Crippen LogP contribution in [0.25, 0.3) is 11.2 Å². The highest BCUT2D eigenvalue weighted by Gasteiger charge is 2.37. The number of pyridine rings is 1. The Labute approximate surface area is 367 Å². The molecule has 8 N–H and O–H groups in total. The number of carbonyl (C=O) groups excluding carboxylic acids is 2. The predicted octanol–water partition coefficient (Wildman–Crippen LogP) is 2.43. The van der Waals surface area contributed by atoms with Gasteiger partial charge in [-0.25, -0.2) is 15.0 Å². The van der Waals surface area contributed by atoms with Crippen LogP contribution in [0.5, 0.6) is 0 Å². The van der Waals surface area contributed by atoms with E-state index in [9.17, 15) is 24.4 Å². The number of nitrogen functional groups attached to an aromatic ring is 1. The maximum atomic E-state index is 13.8. The zero-order valence-corrected chi connectivity index (χ0v) is 36.8. The fourth-order valence-electron chi connectivity index (χ4n) is 7.97. The summed E-state index contributed by atoms with van der Waals surface area (Å²) in [5, 5.41) is 28.5. The number of nitrogens with one attached hydrogen (secondary N) is 2. The van der Waals surface area contributed by atoms with Crippen LogP contribution in [-0.2, 0) is 44.8 Å². The second-order valence-corrected chi connectivity index (χ2v) is 18.7. The van der Waals surface area contributed by atoms with E-state index in [0.29, 0.717) is 50.2 Å². The second-order valence-electron chi connectivity index (χ2n) is 17.2. The van der Waals surface area contributed by atoms with Crippen molar-refractivity contribution in [2.75, 3.05) is 44.9 Å². The lowest BCUT2D eigenvalue weighted by molar-refractivity contribution is -0.132. The van der Waals surface area contributed by atoms with Crippen molar-refractivity contribution < 1.29 is 38.9 Å². The molecule has 63 heavy (non-hydrogen) atoms. The molecule has 338 valence electrons. The Morgan fingerprint density at radius 1 is 1.00 bits per heavy atom. The van der Waals surface area contributed by atoms with Crippen LogP contribution < -0.4 is 16.4 Å². The van der Waals surface area contributed by atoms with Gasteiger partial charge in [0, 0.05) is 69.5 Å². The summed E-state index contributed by atoms with van der Waals surface area (Å²) in [6.07, 6.45) is 5.51. The van der Waals surface area contributed by atoms with Crippen molar-refractivity contribution in [2.24, 2.45) is 5.92 Å². The van der Waals surface area contributed by atoms with Gasteiger partial charge < -0.3 is 45.7 Å². The number of imidazole rings is 1. The molecule has 19 heteroatoms. The van der Waals surface area contributed by atoms with Crippen LogP contribution in [-0.4, -0.2) is 129 Å². The maximum absolute atomic E-state index is 13.8. The minimum Gasteiger partial charge on any atom is -0.392 e. The van der Waals surface area contributed by atoms with Gasteiger partial charge in [0.25, 0.3) is 0 Å². The number of hydrogen-bond acceptors (Lipinski definition) is 13. The van der Waals surface area contributed by atoms with Crippen LogP contribution in [0.2, 0.25) is 0 Å². The number of benzene rings is 2. The highest BCUT2D eigenvalue weighted by Crippen LogP contribution is 2.34. The van der Waals surface area contributed by atoms with Crippen molar-refractivity contribution in [1.82, 2.24) is 44.9 Å². The third kappa shape index (κ3) is 13.9. The number of ether oxygens (including phenoxy) is 1. The third-order valence-electron chi connectivity index (χ3n) is 10.9. The van der Waals surface area contributed by atoms with Crippen molar-refractivity contribution in [1.29, 1.82) is 0 Å². The van der Waals surface area contributed by atoms with E-state index < -0.39 is 49.7 Å². The SMILES string of the molecule is CC(C)(C)NC(=O)[C@@H]1CN(Cc2cccnc2)CCN1C[C@@H](O)C[C@H](Cc1ccccc1)C(=O)N[C@H]1c2ccccc2C[C@H]1O.Nc1ncnc2c1ncn2CCOCP(=O)(O)O. The average Bonchev–Trinajstić information content (AvgIpc) is 3.80. The second kappa shape index (κ2) is 21.5. The number of aliphatic hydroxyl groups excluding tert-OH is 2. The minimum absolute atomic E-state index is 0.0712. The van der Waals surface area contributed by atoms with Crippen molar-refractivity contribution in [3.8, 4) is 0 Å². The molecule has 1 fully saturated rings. The number of amides is 2. The van der Waals surface area contributed by atoms with Crippen LogP contribution >= 0.6 is 7.60 Å². The molecule has 18 nitrogen and oxygen atoms in total. The molecular weight excluding hydrogens is 828 g/mol. The fourth-order valence-corrected chi connectivity index (χ4v) is 8.34. The molecule has 5 atom stereocenters. The quantitative estimate of drug-likeness (QED) is 0.0555. The number of piperazine rings is 1. The highest BCUT2D eigenvalue weighted by atomic mass is 31.2. The summed E-state index contributed by atoms with van der Waals surface area (Å²) < 4.78 is 17.1. The molecule has 1 aliphatic carbocycles. The van der Waals surface area contributed by atoms with Gasteiger partial charge >= 0.3 is 7.60 Å². The summed E-state index contributed by atoms with van der Waals surface area (Å²) in [5.74, 6) is -0.494. The van der Waals surface area contributed by atoms with Gasteiger partial charge in [0.15, 0.2) is 11.5 Å². The molecule has 2 amide bonds. The molecule has 7 rings (SSSR count). The van der Waals surface area contributed by atoms with Crippen LogP contribution in [0.4, 0.5) is 5.82 Å². The van der Waals surface area contributed by atoms with Gasteiger partial charge in [-0.2, -0.15) is 0 Å². The van der Waals surface area contributed by atoms with E-state index in [1.54, 1.807) is 10.8 Å². The Hall–Kier alpha value is -5.17. The Kier molecular flexibility index (Phi) is 16.1. The summed E-state index contributed by atoms with van der Waals surface area (Å²) in [5.41, 5.74) is 10.3. The fraction of sp³-hybridized carbons (Fsp3) is 0.455. The van der Waals surface area contributed by atoms with Crippen molar-refractivity contribution in [2.45, 2.75) is 83.0 Å².